The molecule has 0 aromatic carbocycles. The van der Waals surface area contributed by atoms with Crippen LogP contribution in [-0.2, 0) is 10.3 Å². The van der Waals surface area contributed by atoms with Gasteiger partial charge in [0.05, 0.1) is 5.54 Å². The van der Waals surface area contributed by atoms with E-state index in [1.807, 2.05) is 12.3 Å². The standard InChI is InChI=1S/C14H23N3OS/c1-4-14(3,13-16-10(2)9-19-13)17-12(18)11-5-7-15-8-6-11/h9,11,15H,4-8H2,1-3H3,(H,17,18). The van der Waals surface area contributed by atoms with Crippen molar-refractivity contribution in [2.24, 2.45) is 5.92 Å². The topological polar surface area (TPSA) is 54.0 Å². The maximum atomic E-state index is 12.4. The number of thiazole rings is 1. The van der Waals surface area contributed by atoms with E-state index in [2.05, 4.69) is 29.5 Å². The molecule has 0 bridgehead atoms. The van der Waals surface area contributed by atoms with Crippen molar-refractivity contribution in [1.29, 1.82) is 0 Å². The highest BCUT2D eigenvalue weighted by Crippen LogP contribution is 2.28. The van der Waals surface area contributed by atoms with Crippen LogP contribution in [-0.4, -0.2) is 24.0 Å². The fraction of sp³-hybridized carbons (Fsp3) is 0.714. The summed E-state index contributed by atoms with van der Waals surface area (Å²) in [6.45, 7) is 8.04. The molecule has 1 aromatic rings. The molecule has 106 valence electrons. The van der Waals surface area contributed by atoms with Gasteiger partial charge in [-0.3, -0.25) is 4.79 Å². The van der Waals surface area contributed by atoms with Gasteiger partial charge < -0.3 is 10.6 Å². The zero-order valence-corrected chi connectivity index (χ0v) is 12.8. The van der Waals surface area contributed by atoms with E-state index in [0.29, 0.717) is 0 Å². The molecule has 19 heavy (non-hydrogen) atoms. The summed E-state index contributed by atoms with van der Waals surface area (Å²) in [7, 11) is 0. The second kappa shape index (κ2) is 6.01. The highest BCUT2D eigenvalue weighted by molar-refractivity contribution is 7.09. The van der Waals surface area contributed by atoms with Crippen LogP contribution in [0.2, 0.25) is 0 Å². The number of amides is 1. The van der Waals surface area contributed by atoms with Crippen molar-refractivity contribution in [2.45, 2.75) is 45.6 Å². The fourth-order valence-electron chi connectivity index (χ4n) is 2.36. The minimum atomic E-state index is -0.332. The van der Waals surface area contributed by atoms with Gasteiger partial charge in [-0.05, 0) is 46.2 Å². The summed E-state index contributed by atoms with van der Waals surface area (Å²) in [6, 6.07) is 0. The first-order valence-electron chi connectivity index (χ1n) is 7.00. The second-order valence-corrected chi connectivity index (χ2v) is 6.35. The Morgan fingerprint density at radius 1 is 1.58 bits per heavy atom. The minimum absolute atomic E-state index is 0.146. The average Bonchev–Trinajstić information content (AvgIpc) is 2.87. The Bertz CT molecular complexity index is 440. The van der Waals surface area contributed by atoms with Crippen LogP contribution >= 0.6 is 11.3 Å². The van der Waals surface area contributed by atoms with Gasteiger partial charge in [-0.2, -0.15) is 0 Å². The normalized spacial score (nSPS) is 19.9. The van der Waals surface area contributed by atoms with Gasteiger partial charge in [-0.25, -0.2) is 4.98 Å². The number of aromatic nitrogens is 1. The van der Waals surface area contributed by atoms with Gasteiger partial charge in [0.1, 0.15) is 5.01 Å². The lowest BCUT2D eigenvalue weighted by Crippen LogP contribution is -2.47. The molecule has 2 heterocycles. The minimum Gasteiger partial charge on any atom is -0.344 e. The van der Waals surface area contributed by atoms with E-state index in [0.717, 1.165) is 43.1 Å². The number of aryl methyl sites for hydroxylation is 1. The Hall–Kier alpha value is -0.940. The number of carbonyl (C=O) groups is 1. The third-order valence-electron chi connectivity index (χ3n) is 3.91. The number of rotatable bonds is 4. The van der Waals surface area contributed by atoms with Crippen LogP contribution in [0.3, 0.4) is 0 Å². The molecule has 4 nitrogen and oxygen atoms in total. The van der Waals surface area contributed by atoms with E-state index in [-0.39, 0.29) is 17.4 Å². The van der Waals surface area contributed by atoms with Crippen molar-refractivity contribution in [3.8, 4) is 0 Å². The largest absolute Gasteiger partial charge is 0.344 e. The summed E-state index contributed by atoms with van der Waals surface area (Å²) in [6.07, 6.45) is 2.72. The number of hydrogen-bond acceptors (Lipinski definition) is 4. The van der Waals surface area contributed by atoms with Gasteiger partial charge in [0.2, 0.25) is 5.91 Å². The summed E-state index contributed by atoms with van der Waals surface area (Å²) in [5.74, 6) is 0.326. The first-order valence-corrected chi connectivity index (χ1v) is 7.88. The average molecular weight is 281 g/mol. The molecule has 0 saturated carbocycles. The number of carbonyl (C=O) groups excluding carboxylic acids is 1. The van der Waals surface area contributed by atoms with Crippen molar-refractivity contribution in [2.75, 3.05) is 13.1 Å². The second-order valence-electron chi connectivity index (χ2n) is 5.49. The maximum absolute atomic E-state index is 12.4. The number of nitrogens with zero attached hydrogens (tertiary/aromatic N) is 1. The van der Waals surface area contributed by atoms with Crippen molar-refractivity contribution in [3.05, 3.63) is 16.1 Å². The monoisotopic (exact) mass is 281 g/mol. The molecular weight excluding hydrogens is 258 g/mol. The first kappa shape index (κ1) is 14.5. The van der Waals surface area contributed by atoms with Crippen molar-refractivity contribution in [1.82, 2.24) is 15.6 Å². The van der Waals surface area contributed by atoms with Crippen molar-refractivity contribution >= 4 is 17.2 Å². The van der Waals surface area contributed by atoms with Crippen LogP contribution in [0.15, 0.2) is 5.38 Å². The van der Waals surface area contributed by atoms with Gasteiger partial charge in [-0.15, -0.1) is 11.3 Å². The number of hydrogen-bond donors (Lipinski definition) is 2. The lowest BCUT2D eigenvalue weighted by Gasteiger charge is -2.31. The Labute approximate surface area is 119 Å². The molecule has 0 aliphatic carbocycles. The molecule has 1 amide bonds. The lowest BCUT2D eigenvalue weighted by atomic mass is 9.93. The van der Waals surface area contributed by atoms with E-state index in [9.17, 15) is 4.79 Å². The van der Waals surface area contributed by atoms with Crippen LogP contribution in [0.4, 0.5) is 0 Å². The lowest BCUT2D eigenvalue weighted by molar-refractivity contribution is -0.127. The smallest absolute Gasteiger partial charge is 0.223 e. The van der Waals surface area contributed by atoms with E-state index in [1.165, 1.54) is 0 Å². The molecule has 2 rings (SSSR count). The molecule has 0 radical (unpaired) electrons. The summed E-state index contributed by atoms with van der Waals surface area (Å²) < 4.78 is 0. The Balaban J connectivity index is 2.07. The van der Waals surface area contributed by atoms with Crippen LogP contribution in [0.25, 0.3) is 0 Å². The van der Waals surface area contributed by atoms with E-state index >= 15 is 0 Å². The molecule has 1 aliphatic heterocycles. The summed E-state index contributed by atoms with van der Waals surface area (Å²) in [5.41, 5.74) is 0.691. The van der Waals surface area contributed by atoms with Gasteiger partial charge in [0.25, 0.3) is 0 Å². The van der Waals surface area contributed by atoms with Crippen molar-refractivity contribution < 1.29 is 4.79 Å². The summed E-state index contributed by atoms with van der Waals surface area (Å²) in [5, 5.41) is 9.57. The summed E-state index contributed by atoms with van der Waals surface area (Å²) in [4.78, 5) is 16.9. The molecule has 0 spiro atoms. The van der Waals surface area contributed by atoms with Gasteiger partial charge in [0.15, 0.2) is 0 Å². The predicted molar refractivity (Wildman–Crippen MR) is 78.2 cm³/mol. The Kier molecular flexibility index (Phi) is 4.58. The predicted octanol–water partition coefficient (Wildman–Crippen LogP) is 2.19. The third-order valence-corrected chi connectivity index (χ3v) is 5.13. The third kappa shape index (κ3) is 3.34. The molecule has 1 unspecified atom stereocenters. The number of piperidine rings is 1. The molecule has 1 saturated heterocycles. The molecule has 1 atom stereocenters. The SMILES string of the molecule is CCC(C)(NC(=O)C1CCNCC1)c1nc(C)cs1. The first-order chi connectivity index (χ1) is 9.05. The van der Waals surface area contributed by atoms with Gasteiger partial charge >= 0.3 is 0 Å². The molecular formula is C14H23N3OS. The van der Waals surface area contributed by atoms with Gasteiger partial charge in [-0.1, -0.05) is 6.92 Å². The molecule has 1 fully saturated rings. The van der Waals surface area contributed by atoms with Crippen LogP contribution in [0.5, 0.6) is 0 Å². The van der Waals surface area contributed by atoms with Gasteiger partial charge in [0, 0.05) is 17.0 Å². The number of nitrogens with one attached hydrogen (secondary N) is 2. The van der Waals surface area contributed by atoms with E-state index < -0.39 is 0 Å². The van der Waals surface area contributed by atoms with Crippen molar-refractivity contribution in [3.63, 3.8) is 0 Å². The zero-order valence-electron chi connectivity index (χ0n) is 12.0. The highest BCUT2D eigenvalue weighted by atomic mass is 32.1. The van der Waals surface area contributed by atoms with Crippen LogP contribution < -0.4 is 10.6 Å². The Morgan fingerprint density at radius 3 is 2.79 bits per heavy atom. The maximum Gasteiger partial charge on any atom is 0.223 e. The summed E-state index contributed by atoms with van der Waals surface area (Å²) >= 11 is 1.63. The fourth-order valence-corrected chi connectivity index (χ4v) is 3.35. The highest BCUT2D eigenvalue weighted by Gasteiger charge is 2.32. The van der Waals surface area contributed by atoms with Crippen LogP contribution in [0.1, 0.15) is 43.8 Å². The Morgan fingerprint density at radius 2 is 2.26 bits per heavy atom. The molecule has 5 heteroatoms. The molecule has 1 aromatic heterocycles. The van der Waals surface area contributed by atoms with E-state index in [4.69, 9.17) is 0 Å². The zero-order chi connectivity index (χ0) is 13.9. The quantitative estimate of drug-likeness (QED) is 0.889. The molecule has 2 N–H and O–H groups in total. The molecule has 1 aliphatic rings. The van der Waals surface area contributed by atoms with E-state index in [1.54, 1.807) is 11.3 Å². The van der Waals surface area contributed by atoms with Crippen LogP contribution in [0, 0.1) is 12.8 Å².